The van der Waals surface area contributed by atoms with Crippen molar-refractivity contribution in [2.75, 3.05) is 19.6 Å². The van der Waals surface area contributed by atoms with E-state index in [9.17, 15) is 0 Å². The van der Waals surface area contributed by atoms with E-state index in [1.165, 1.54) is 12.8 Å². The molecule has 1 aliphatic rings. The summed E-state index contributed by atoms with van der Waals surface area (Å²) < 4.78 is 4.74. The van der Waals surface area contributed by atoms with E-state index in [0.29, 0.717) is 6.04 Å². The van der Waals surface area contributed by atoms with Gasteiger partial charge in [0.2, 0.25) is 0 Å². The first-order valence-corrected chi connectivity index (χ1v) is 6.04. The molecule has 0 radical (unpaired) electrons. The Morgan fingerprint density at radius 2 is 2.12 bits per heavy atom. The molecular formula is C11H20N4O. The van der Waals surface area contributed by atoms with Crippen molar-refractivity contribution in [1.82, 2.24) is 20.5 Å². The van der Waals surface area contributed by atoms with Crippen LogP contribution in [0.2, 0.25) is 0 Å². The van der Waals surface area contributed by atoms with Crippen LogP contribution in [0.15, 0.2) is 4.63 Å². The molecule has 16 heavy (non-hydrogen) atoms. The van der Waals surface area contributed by atoms with Gasteiger partial charge in [-0.15, -0.1) is 0 Å². The van der Waals surface area contributed by atoms with E-state index in [1.807, 2.05) is 6.92 Å². The number of aryl methyl sites for hydroxylation is 1. The van der Waals surface area contributed by atoms with Crippen LogP contribution in [0, 0.1) is 6.92 Å². The molecule has 0 bridgehead atoms. The fourth-order valence-corrected chi connectivity index (χ4v) is 2.26. The highest BCUT2D eigenvalue weighted by Crippen LogP contribution is 2.15. The topological polar surface area (TPSA) is 54.2 Å². The second-order valence-corrected chi connectivity index (χ2v) is 4.34. The van der Waals surface area contributed by atoms with Crippen molar-refractivity contribution in [2.24, 2.45) is 0 Å². The predicted molar refractivity (Wildman–Crippen MR) is 61.0 cm³/mol. The number of nitrogens with zero attached hydrogens (tertiary/aromatic N) is 3. The first-order chi connectivity index (χ1) is 7.81. The highest BCUT2D eigenvalue weighted by molar-refractivity contribution is 5.04. The van der Waals surface area contributed by atoms with Gasteiger partial charge in [-0.1, -0.05) is 17.2 Å². The van der Waals surface area contributed by atoms with Gasteiger partial charge in [0.05, 0.1) is 0 Å². The third-order valence-electron chi connectivity index (χ3n) is 3.33. The second kappa shape index (κ2) is 5.41. The van der Waals surface area contributed by atoms with Crippen molar-refractivity contribution in [2.45, 2.75) is 39.3 Å². The maximum Gasteiger partial charge on any atom is 0.122 e. The summed E-state index contributed by atoms with van der Waals surface area (Å²) >= 11 is 0. The third kappa shape index (κ3) is 2.59. The van der Waals surface area contributed by atoms with Crippen LogP contribution < -0.4 is 5.32 Å². The number of aromatic nitrogens is 2. The smallest absolute Gasteiger partial charge is 0.122 e. The molecule has 1 aromatic heterocycles. The van der Waals surface area contributed by atoms with E-state index in [2.05, 4.69) is 27.5 Å². The van der Waals surface area contributed by atoms with Crippen molar-refractivity contribution in [1.29, 1.82) is 0 Å². The molecule has 1 fully saturated rings. The van der Waals surface area contributed by atoms with Gasteiger partial charge in [-0.25, -0.2) is 4.63 Å². The minimum atomic E-state index is 0.669. The van der Waals surface area contributed by atoms with Gasteiger partial charge in [-0.3, -0.25) is 4.90 Å². The highest BCUT2D eigenvalue weighted by atomic mass is 16.6. The number of hydrogen-bond acceptors (Lipinski definition) is 5. The first kappa shape index (κ1) is 11.5. The Hall–Kier alpha value is -0.940. The monoisotopic (exact) mass is 224 g/mol. The average molecular weight is 224 g/mol. The molecule has 90 valence electrons. The number of rotatable bonds is 4. The van der Waals surface area contributed by atoms with Gasteiger partial charge in [-0.05, 0) is 39.4 Å². The zero-order valence-corrected chi connectivity index (χ0v) is 10.1. The Morgan fingerprint density at radius 1 is 1.38 bits per heavy atom. The van der Waals surface area contributed by atoms with Gasteiger partial charge < -0.3 is 5.32 Å². The summed E-state index contributed by atoms with van der Waals surface area (Å²) in [7, 11) is 0. The van der Waals surface area contributed by atoms with E-state index >= 15 is 0 Å². The summed E-state index contributed by atoms with van der Waals surface area (Å²) in [5, 5.41) is 11.2. The molecule has 1 saturated heterocycles. The van der Waals surface area contributed by atoms with Crippen LogP contribution in [0.4, 0.5) is 0 Å². The summed E-state index contributed by atoms with van der Waals surface area (Å²) in [5.74, 6) is 0. The van der Waals surface area contributed by atoms with E-state index in [1.54, 1.807) is 0 Å². The lowest BCUT2D eigenvalue weighted by Crippen LogP contribution is -2.42. The van der Waals surface area contributed by atoms with E-state index in [4.69, 9.17) is 4.63 Å². The van der Waals surface area contributed by atoms with Crippen molar-refractivity contribution in [3.8, 4) is 0 Å². The molecule has 0 spiro atoms. The normalized spacial score (nSPS) is 18.2. The van der Waals surface area contributed by atoms with Crippen molar-refractivity contribution >= 4 is 0 Å². The Kier molecular flexibility index (Phi) is 3.90. The molecule has 1 aliphatic heterocycles. The lowest BCUT2D eigenvalue weighted by molar-refractivity contribution is 0.157. The molecule has 2 heterocycles. The minimum Gasteiger partial charge on any atom is -0.317 e. The van der Waals surface area contributed by atoms with Crippen molar-refractivity contribution in [3.05, 3.63) is 11.4 Å². The maximum atomic E-state index is 4.74. The third-order valence-corrected chi connectivity index (χ3v) is 3.33. The summed E-state index contributed by atoms with van der Waals surface area (Å²) in [6, 6.07) is 0.669. The quantitative estimate of drug-likeness (QED) is 0.825. The second-order valence-electron chi connectivity index (χ2n) is 4.34. The van der Waals surface area contributed by atoms with Gasteiger partial charge in [0.1, 0.15) is 11.4 Å². The van der Waals surface area contributed by atoms with Crippen LogP contribution in [0.3, 0.4) is 0 Å². The van der Waals surface area contributed by atoms with Crippen LogP contribution in [0.25, 0.3) is 0 Å². The zero-order valence-electron chi connectivity index (χ0n) is 10.1. The fourth-order valence-electron chi connectivity index (χ4n) is 2.26. The van der Waals surface area contributed by atoms with Crippen molar-refractivity contribution in [3.63, 3.8) is 0 Å². The Bertz CT molecular complexity index is 320. The zero-order chi connectivity index (χ0) is 11.4. The summed E-state index contributed by atoms with van der Waals surface area (Å²) in [5.41, 5.74) is 1.88. The molecule has 1 aromatic rings. The Morgan fingerprint density at radius 3 is 2.69 bits per heavy atom. The standard InChI is InChI=1S/C11H20N4O/c1-3-15(10-4-6-12-7-5-10)8-11-9(2)13-16-14-11/h10,12H,3-8H2,1-2H3. The van der Waals surface area contributed by atoms with Gasteiger partial charge in [-0.2, -0.15) is 0 Å². The van der Waals surface area contributed by atoms with Gasteiger partial charge in [0.15, 0.2) is 0 Å². The lowest BCUT2D eigenvalue weighted by atomic mass is 10.0. The molecule has 0 saturated carbocycles. The molecule has 0 amide bonds. The van der Waals surface area contributed by atoms with Gasteiger partial charge in [0.25, 0.3) is 0 Å². The van der Waals surface area contributed by atoms with Crippen LogP contribution >= 0.6 is 0 Å². The molecule has 0 unspecified atom stereocenters. The molecular weight excluding hydrogens is 204 g/mol. The molecule has 5 heteroatoms. The van der Waals surface area contributed by atoms with E-state index in [0.717, 1.165) is 37.6 Å². The van der Waals surface area contributed by atoms with Gasteiger partial charge in [0, 0.05) is 12.6 Å². The fraction of sp³-hybridized carbons (Fsp3) is 0.818. The van der Waals surface area contributed by atoms with Crippen LogP contribution in [0.5, 0.6) is 0 Å². The highest BCUT2D eigenvalue weighted by Gasteiger charge is 2.21. The molecule has 5 nitrogen and oxygen atoms in total. The Balaban J connectivity index is 1.97. The average Bonchev–Trinajstić information content (AvgIpc) is 2.73. The van der Waals surface area contributed by atoms with E-state index < -0.39 is 0 Å². The Labute approximate surface area is 96.2 Å². The number of piperidine rings is 1. The molecule has 0 aromatic carbocycles. The maximum absolute atomic E-state index is 4.74. The van der Waals surface area contributed by atoms with E-state index in [-0.39, 0.29) is 0 Å². The summed E-state index contributed by atoms with van der Waals surface area (Å²) in [6.45, 7) is 8.30. The minimum absolute atomic E-state index is 0.669. The number of nitrogens with one attached hydrogen (secondary N) is 1. The van der Waals surface area contributed by atoms with Gasteiger partial charge >= 0.3 is 0 Å². The molecule has 1 N–H and O–H groups in total. The molecule has 0 aliphatic carbocycles. The van der Waals surface area contributed by atoms with Crippen LogP contribution in [-0.2, 0) is 6.54 Å². The largest absolute Gasteiger partial charge is 0.317 e. The molecule has 2 rings (SSSR count). The van der Waals surface area contributed by atoms with Crippen LogP contribution in [-0.4, -0.2) is 40.9 Å². The summed E-state index contributed by atoms with van der Waals surface area (Å²) in [4.78, 5) is 2.47. The summed E-state index contributed by atoms with van der Waals surface area (Å²) in [6.07, 6.45) is 2.44. The van der Waals surface area contributed by atoms with Crippen molar-refractivity contribution < 1.29 is 4.63 Å². The number of hydrogen-bond donors (Lipinski definition) is 1. The lowest BCUT2D eigenvalue weighted by Gasteiger charge is -2.33. The SMILES string of the molecule is CCN(Cc1nonc1C)C1CCNCC1. The first-order valence-electron chi connectivity index (χ1n) is 6.04. The molecule has 0 atom stereocenters. The van der Waals surface area contributed by atoms with Crippen LogP contribution in [0.1, 0.15) is 31.2 Å². The predicted octanol–water partition coefficient (Wildman–Crippen LogP) is 0.952.